The van der Waals surface area contributed by atoms with Crippen LogP contribution in [0.3, 0.4) is 0 Å². The Balaban J connectivity index is 1.45. The van der Waals surface area contributed by atoms with Crippen molar-refractivity contribution in [1.82, 2.24) is 15.0 Å². The molecule has 0 aliphatic carbocycles. The molecule has 9 rings (SSSR count). The van der Waals surface area contributed by atoms with Gasteiger partial charge in [0.1, 0.15) is 5.58 Å². The van der Waals surface area contributed by atoms with Crippen LogP contribution in [-0.4, -0.2) is 15.0 Å². The molecule has 0 atom stereocenters. The van der Waals surface area contributed by atoms with Crippen LogP contribution in [0.1, 0.15) is 25.0 Å². The molecule has 0 saturated carbocycles. The van der Waals surface area contributed by atoms with Crippen LogP contribution in [0.4, 0.5) is 17.3 Å². The van der Waals surface area contributed by atoms with Crippen molar-refractivity contribution >= 4 is 50.0 Å². The van der Waals surface area contributed by atoms with Crippen molar-refractivity contribution in [2.24, 2.45) is 0 Å². The van der Waals surface area contributed by atoms with E-state index in [0.29, 0.717) is 5.95 Å². The van der Waals surface area contributed by atoms with Crippen LogP contribution < -0.4 is 4.90 Å². The van der Waals surface area contributed by atoms with Crippen LogP contribution in [0.5, 0.6) is 0 Å². The number of hydrogen-bond acceptors (Lipinski definition) is 5. The Hall–Kier alpha value is -5.81. The lowest BCUT2D eigenvalue weighted by molar-refractivity contribution is 0.628. The Labute approximate surface area is 260 Å². The van der Waals surface area contributed by atoms with Crippen LogP contribution >= 0.6 is 0 Å². The van der Waals surface area contributed by atoms with E-state index in [1.165, 1.54) is 11.1 Å². The van der Waals surface area contributed by atoms with Crippen molar-refractivity contribution in [3.63, 3.8) is 0 Å². The summed E-state index contributed by atoms with van der Waals surface area (Å²) in [6.07, 6.45) is 3.86. The molecule has 0 fully saturated rings. The van der Waals surface area contributed by atoms with Crippen molar-refractivity contribution in [3.05, 3.63) is 145 Å². The summed E-state index contributed by atoms with van der Waals surface area (Å²) < 4.78 is 6.82. The number of benzene rings is 5. The van der Waals surface area contributed by atoms with Gasteiger partial charge in [-0.3, -0.25) is 9.88 Å². The standard InChI is InChI=1S/C40H28N4O/c1-40(2)30-18-10-11-19-33(30)44(39-42-31(25-13-5-3-6-14-25)23-32(43-39)26-15-7-4-8-16-26)37-36(40)27-21-22-41-24-29(27)35-28-17-9-12-20-34(28)45-38(35)37/h3-24H,1-2H3. The maximum absolute atomic E-state index is 6.82. The highest BCUT2D eigenvalue weighted by atomic mass is 16.3. The molecule has 4 heterocycles. The van der Waals surface area contributed by atoms with Gasteiger partial charge in [0.05, 0.1) is 22.8 Å². The van der Waals surface area contributed by atoms with E-state index in [-0.39, 0.29) is 5.41 Å². The minimum absolute atomic E-state index is 0.353. The molecule has 0 amide bonds. The van der Waals surface area contributed by atoms with Crippen molar-refractivity contribution in [2.75, 3.05) is 4.90 Å². The van der Waals surface area contributed by atoms with Gasteiger partial charge in [0.15, 0.2) is 5.58 Å². The molecule has 3 aromatic heterocycles. The molecule has 0 unspecified atom stereocenters. The number of nitrogens with zero attached hydrogens (tertiary/aromatic N) is 4. The number of hydrogen-bond donors (Lipinski definition) is 0. The van der Waals surface area contributed by atoms with Gasteiger partial charge in [-0.05, 0) is 40.8 Å². The number of pyridine rings is 1. The van der Waals surface area contributed by atoms with Gasteiger partial charge >= 0.3 is 0 Å². The predicted octanol–water partition coefficient (Wildman–Crippen LogP) is 10.4. The largest absolute Gasteiger partial charge is 0.454 e. The molecule has 5 heteroatoms. The summed E-state index contributed by atoms with van der Waals surface area (Å²) in [6.45, 7) is 4.60. The molecule has 5 nitrogen and oxygen atoms in total. The summed E-state index contributed by atoms with van der Waals surface area (Å²) in [4.78, 5) is 17.4. The number of rotatable bonds is 3. The number of fused-ring (bicyclic) bond motifs is 9. The smallest absolute Gasteiger partial charge is 0.235 e. The first-order valence-corrected chi connectivity index (χ1v) is 15.2. The van der Waals surface area contributed by atoms with Gasteiger partial charge in [-0.2, -0.15) is 0 Å². The zero-order valence-electron chi connectivity index (χ0n) is 24.9. The molecule has 1 aliphatic rings. The van der Waals surface area contributed by atoms with E-state index in [4.69, 9.17) is 14.4 Å². The van der Waals surface area contributed by atoms with Gasteiger partial charge < -0.3 is 4.42 Å². The van der Waals surface area contributed by atoms with Crippen molar-refractivity contribution in [3.8, 4) is 22.5 Å². The second kappa shape index (κ2) is 9.60. The van der Waals surface area contributed by atoms with E-state index in [1.54, 1.807) is 0 Å². The van der Waals surface area contributed by atoms with Gasteiger partial charge in [0.25, 0.3) is 0 Å². The summed E-state index contributed by atoms with van der Waals surface area (Å²) in [5.74, 6) is 0.592. The molecule has 0 saturated heterocycles. The van der Waals surface area contributed by atoms with Gasteiger partial charge in [-0.15, -0.1) is 0 Å². The lowest BCUT2D eigenvalue weighted by Crippen LogP contribution is -2.32. The van der Waals surface area contributed by atoms with E-state index in [0.717, 1.165) is 66.6 Å². The van der Waals surface area contributed by atoms with Crippen molar-refractivity contribution in [1.29, 1.82) is 0 Å². The van der Waals surface area contributed by atoms with Gasteiger partial charge in [-0.25, -0.2) is 9.97 Å². The fourth-order valence-corrected chi connectivity index (χ4v) is 7.09. The van der Waals surface area contributed by atoms with Crippen LogP contribution in [0.15, 0.2) is 138 Å². The zero-order valence-corrected chi connectivity index (χ0v) is 24.9. The summed E-state index contributed by atoms with van der Waals surface area (Å²) in [7, 11) is 0. The summed E-state index contributed by atoms with van der Waals surface area (Å²) in [5, 5.41) is 4.34. The molecule has 8 aromatic rings. The number of para-hydroxylation sites is 2. The molecule has 0 spiro atoms. The highest BCUT2D eigenvalue weighted by molar-refractivity contribution is 6.24. The molecule has 0 N–H and O–H groups in total. The molecule has 0 bridgehead atoms. The fraction of sp³-hybridized carbons (Fsp3) is 0.0750. The zero-order chi connectivity index (χ0) is 30.1. The molecular formula is C40H28N4O. The summed E-state index contributed by atoms with van der Waals surface area (Å²) in [6, 6.07) is 41.7. The maximum atomic E-state index is 6.82. The van der Waals surface area contributed by atoms with Gasteiger partial charge in [0.2, 0.25) is 5.95 Å². The van der Waals surface area contributed by atoms with E-state index in [2.05, 4.69) is 96.5 Å². The van der Waals surface area contributed by atoms with Crippen molar-refractivity contribution < 1.29 is 4.42 Å². The lowest BCUT2D eigenvalue weighted by Gasteiger charge is -2.41. The van der Waals surface area contributed by atoms with E-state index < -0.39 is 0 Å². The lowest BCUT2D eigenvalue weighted by atomic mass is 9.71. The second-order valence-corrected chi connectivity index (χ2v) is 12.1. The first-order chi connectivity index (χ1) is 22.1. The van der Waals surface area contributed by atoms with Gasteiger partial charge in [-0.1, -0.05) is 111 Å². The third kappa shape index (κ3) is 3.77. The Bertz CT molecular complexity index is 2350. The Morgan fingerprint density at radius 1 is 0.644 bits per heavy atom. The highest BCUT2D eigenvalue weighted by Crippen LogP contribution is 2.57. The molecule has 5 aromatic carbocycles. The Kier molecular flexibility index (Phi) is 5.47. The second-order valence-electron chi connectivity index (χ2n) is 12.1. The van der Waals surface area contributed by atoms with Crippen LogP contribution in [0.2, 0.25) is 0 Å². The molecular weight excluding hydrogens is 552 g/mol. The normalized spacial score (nSPS) is 13.7. The topological polar surface area (TPSA) is 55.1 Å². The average Bonchev–Trinajstić information content (AvgIpc) is 3.49. The number of aromatic nitrogens is 3. The van der Waals surface area contributed by atoms with Crippen molar-refractivity contribution in [2.45, 2.75) is 19.3 Å². The Morgan fingerprint density at radius 3 is 2.02 bits per heavy atom. The third-order valence-electron chi connectivity index (χ3n) is 9.13. The molecule has 214 valence electrons. The minimum atomic E-state index is -0.353. The molecule has 1 aliphatic heterocycles. The average molecular weight is 581 g/mol. The van der Waals surface area contributed by atoms with Crippen LogP contribution in [-0.2, 0) is 5.41 Å². The molecule has 45 heavy (non-hydrogen) atoms. The fourth-order valence-electron chi connectivity index (χ4n) is 7.09. The van der Waals surface area contributed by atoms with Crippen LogP contribution in [0.25, 0.3) is 55.2 Å². The SMILES string of the molecule is CC1(C)c2ccccc2N(c2nc(-c3ccccc3)cc(-c3ccccc3)n2)c2c1c1ccncc1c1c2oc2ccccc21. The first kappa shape index (κ1) is 25.7. The number of furan rings is 1. The van der Waals surface area contributed by atoms with Gasteiger partial charge in [0, 0.05) is 45.1 Å². The van der Waals surface area contributed by atoms with E-state index >= 15 is 0 Å². The monoisotopic (exact) mass is 580 g/mol. The van der Waals surface area contributed by atoms with E-state index in [1.807, 2.05) is 60.9 Å². The van der Waals surface area contributed by atoms with E-state index in [9.17, 15) is 0 Å². The first-order valence-electron chi connectivity index (χ1n) is 15.2. The third-order valence-corrected chi connectivity index (χ3v) is 9.13. The summed E-state index contributed by atoms with van der Waals surface area (Å²) in [5.41, 5.74) is 9.43. The highest BCUT2D eigenvalue weighted by Gasteiger charge is 2.42. The minimum Gasteiger partial charge on any atom is -0.454 e. The Morgan fingerprint density at radius 2 is 1.29 bits per heavy atom. The predicted molar refractivity (Wildman–Crippen MR) is 182 cm³/mol. The van der Waals surface area contributed by atoms with Crippen LogP contribution in [0, 0.1) is 0 Å². The molecule has 0 radical (unpaired) electrons. The quantitative estimate of drug-likeness (QED) is 0.208. The maximum Gasteiger partial charge on any atom is 0.235 e. The summed E-state index contributed by atoms with van der Waals surface area (Å²) >= 11 is 0. The number of anilines is 3.